The molecular weight excluding hydrogens is 264 g/mol. The van der Waals surface area contributed by atoms with Gasteiger partial charge in [0.05, 0.1) is 20.3 Å². The predicted octanol–water partition coefficient (Wildman–Crippen LogP) is 1.91. The first-order valence-electron chi connectivity index (χ1n) is 7.89. The molecule has 0 amide bonds. The maximum absolute atomic E-state index is 6.21. The molecule has 1 saturated carbocycles. The van der Waals surface area contributed by atoms with Gasteiger partial charge in [0.2, 0.25) is 0 Å². The van der Waals surface area contributed by atoms with Crippen molar-refractivity contribution in [3.8, 4) is 5.75 Å². The number of ether oxygens (including phenoxy) is 2. The zero-order chi connectivity index (χ0) is 14.9. The van der Waals surface area contributed by atoms with Crippen LogP contribution < -0.4 is 10.5 Å². The van der Waals surface area contributed by atoms with Crippen LogP contribution in [-0.2, 0) is 16.7 Å². The van der Waals surface area contributed by atoms with Crippen LogP contribution in [0.1, 0.15) is 30.9 Å². The number of nitrogens with two attached hydrogens (primary N) is 1. The number of benzene rings is 1. The van der Waals surface area contributed by atoms with Crippen LogP contribution in [0, 0.1) is 0 Å². The largest absolute Gasteiger partial charge is 0.496 e. The molecule has 1 aromatic carbocycles. The lowest BCUT2D eigenvalue weighted by Crippen LogP contribution is -2.36. The van der Waals surface area contributed by atoms with E-state index in [0.29, 0.717) is 0 Å². The number of hydrogen-bond donors (Lipinski definition) is 1. The molecule has 3 rings (SSSR count). The van der Waals surface area contributed by atoms with Gasteiger partial charge in [-0.25, -0.2) is 0 Å². The normalized spacial score (nSPS) is 22.8. The van der Waals surface area contributed by atoms with Crippen molar-refractivity contribution >= 4 is 0 Å². The highest BCUT2D eigenvalue weighted by Crippen LogP contribution is 2.50. The third-order valence-corrected chi connectivity index (χ3v) is 5.01. The van der Waals surface area contributed by atoms with Crippen LogP contribution in [0.2, 0.25) is 0 Å². The van der Waals surface area contributed by atoms with Gasteiger partial charge in [0, 0.05) is 36.7 Å². The summed E-state index contributed by atoms with van der Waals surface area (Å²) in [6, 6.07) is 6.82. The summed E-state index contributed by atoms with van der Waals surface area (Å²) in [7, 11) is 1.75. The van der Waals surface area contributed by atoms with Crippen LogP contribution >= 0.6 is 0 Å². The molecule has 1 atom stereocenters. The highest BCUT2D eigenvalue weighted by atomic mass is 16.5. The van der Waals surface area contributed by atoms with Crippen LogP contribution in [0.5, 0.6) is 5.75 Å². The molecule has 2 N–H and O–H groups in total. The molecule has 1 aliphatic heterocycles. The predicted molar refractivity (Wildman–Crippen MR) is 83.7 cm³/mol. The topological polar surface area (TPSA) is 47.7 Å². The van der Waals surface area contributed by atoms with E-state index in [1.54, 1.807) is 7.11 Å². The van der Waals surface area contributed by atoms with Crippen LogP contribution in [0.3, 0.4) is 0 Å². The van der Waals surface area contributed by atoms with Crippen molar-refractivity contribution in [2.45, 2.75) is 37.8 Å². The van der Waals surface area contributed by atoms with E-state index in [1.165, 1.54) is 24.0 Å². The SMILES string of the molecule is COc1ccc(C2(C(C)N)CC2)cc1CN1CCOCC1. The van der Waals surface area contributed by atoms with Gasteiger partial charge in [-0.2, -0.15) is 0 Å². The average molecular weight is 290 g/mol. The molecule has 0 bridgehead atoms. The number of methoxy groups -OCH3 is 1. The molecule has 1 heterocycles. The summed E-state index contributed by atoms with van der Waals surface area (Å²) < 4.78 is 11.0. The molecule has 1 aliphatic carbocycles. The summed E-state index contributed by atoms with van der Waals surface area (Å²) in [6.07, 6.45) is 2.40. The Hall–Kier alpha value is -1.10. The van der Waals surface area contributed by atoms with Gasteiger partial charge in [-0.05, 0) is 31.4 Å². The number of nitrogens with zero attached hydrogens (tertiary/aromatic N) is 1. The standard InChI is InChI=1S/C17H26N2O2/c1-13(18)17(5-6-17)15-3-4-16(20-2)14(11-15)12-19-7-9-21-10-8-19/h3-4,11,13H,5-10,12,18H2,1-2H3. The first kappa shape index (κ1) is 14.8. The number of rotatable bonds is 5. The molecule has 0 aromatic heterocycles. The Labute approximate surface area is 127 Å². The first-order chi connectivity index (χ1) is 10.2. The van der Waals surface area contributed by atoms with Gasteiger partial charge >= 0.3 is 0 Å². The summed E-state index contributed by atoms with van der Waals surface area (Å²) in [5.74, 6) is 0.978. The van der Waals surface area contributed by atoms with E-state index in [0.717, 1.165) is 38.6 Å². The maximum Gasteiger partial charge on any atom is 0.123 e. The van der Waals surface area contributed by atoms with E-state index < -0.39 is 0 Å². The van der Waals surface area contributed by atoms with E-state index in [2.05, 4.69) is 30.0 Å². The van der Waals surface area contributed by atoms with Gasteiger partial charge < -0.3 is 15.2 Å². The van der Waals surface area contributed by atoms with Crippen molar-refractivity contribution in [3.05, 3.63) is 29.3 Å². The Kier molecular flexibility index (Phi) is 4.20. The molecule has 1 unspecified atom stereocenters. The molecule has 2 aliphatic rings. The smallest absolute Gasteiger partial charge is 0.123 e. The van der Waals surface area contributed by atoms with E-state index in [4.69, 9.17) is 15.2 Å². The molecule has 4 heteroatoms. The molecule has 2 fully saturated rings. The van der Waals surface area contributed by atoms with Gasteiger partial charge in [-0.1, -0.05) is 12.1 Å². The highest BCUT2D eigenvalue weighted by Gasteiger charge is 2.47. The minimum Gasteiger partial charge on any atom is -0.496 e. The van der Waals surface area contributed by atoms with Crippen molar-refractivity contribution in [1.29, 1.82) is 0 Å². The quantitative estimate of drug-likeness (QED) is 0.900. The molecule has 0 spiro atoms. The Morgan fingerprint density at radius 1 is 1.33 bits per heavy atom. The molecule has 1 saturated heterocycles. The fourth-order valence-corrected chi connectivity index (χ4v) is 3.35. The Morgan fingerprint density at radius 3 is 2.62 bits per heavy atom. The van der Waals surface area contributed by atoms with Crippen molar-refractivity contribution in [1.82, 2.24) is 4.90 Å². The molecule has 4 nitrogen and oxygen atoms in total. The van der Waals surface area contributed by atoms with Gasteiger partial charge in [0.25, 0.3) is 0 Å². The van der Waals surface area contributed by atoms with E-state index >= 15 is 0 Å². The maximum atomic E-state index is 6.21. The van der Waals surface area contributed by atoms with Crippen LogP contribution in [0.15, 0.2) is 18.2 Å². The van der Waals surface area contributed by atoms with Crippen molar-refractivity contribution in [3.63, 3.8) is 0 Å². The molecule has 21 heavy (non-hydrogen) atoms. The van der Waals surface area contributed by atoms with E-state index in [9.17, 15) is 0 Å². The van der Waals surface area contributed by atoms with Gasteiger partial charge in [0.15, 0.2) is 0 Å². The lowest BCUT2D eigenvalue weighted by molar-refractivity contribution is 0.0338. The van der Waals surface area contributed by atoms with Gasteiger partial charge in [0.1, 0.15) is 5.75 Å². The van der Waals surface area contributed by atoms with E-state index in [-0.39, 0.29) is 11.5 Å². The summed E-state index contributed by atoms with van der Waals surface area (Å²) >= 11 is 0. The molecule has 116 valence electrons. The third-order valence-electron chi connectivity index (χ3n) is 5.01. The lowest BCUT2D eigenvalue weighted by Gasteiger charge is -2.28. The summed E-state index contributed by atoms with van der Waals surface area (Å²) in [4.78, 5) is 2.43. The van der Waals surface area contributed by atoms with Gasteiger partial charge in [-0.15, -0.1) is 0 Å². The third kappa shape index (κ3) is 2.93. The van der Waals surface area contributed by atoms with E-state index in [1.807, 2.05) is 0 Å². The Balaban J connectivity index is 1.83. The van der Waals surface area contributed by atoms with Crippen LogP contribution in [0.25, 0.3) is 0 Å². The molecule has 0 radical (unpaired) electrons. The summed E-state index contributed by atoms with van der Waals surface area (Å²) in [5, 5.41) is 0. The molecule has 1 aromatic rings. The van der Waals surface area contributed by atoms with Crippen molar-refractivity contribution < 1.29 is 9.47 Å². The summed E-state index contributed by atoms with van der Waals surface area (Å²) in [5.41, 5.74) is 9.06. The molecular formula is C17H26N2O2. The lowest BCUT2D eigenvalue weighted by atomic mass is 9.88. The second kappa shape index (κ2) is 5.95. The number of hydrogen-bond acceptors (Lipinski definition) is 4. The first-order valence-corrected chi connectivity index (χ1v) is 7.89. The monoisotopic (exact) mass is 290 g/mol. The van der Waals surface area contributed by atoms with Crippen LogP contribution in [0.4, 0.5) is 0 Å². The fourth-order valence-electron chi connectivity index (χ4n) is 3.35. The summed E-state index contributed by atoms with van der Waals surface area (Å²) in [6.45, 7) is 6.68. The Bertz CT molecular complexity index is 492. The second-order valence-electron chi connectivity index (χ2n) is 6.36. The minimum absolute atomic E-state index is 0.200. The fraction of sp³-hybridized carbons (Fsp3) is 0.647. The second-order valence-corrected chi connectivity index (χ2v) is 6.36. The zero-order valence-electron chi connectivity index (χ0n) is 13.1. The zero-order valence-corrected chi connectivity index (χ0v) is 13.1. The van der Waals surface area contributed by atoms with Crippen molar-refractivity contribution in [2.24, 2.45) is 5.73 Å². The highest BCUT2D eigenvalue weighted by molar-refractivity contribution is 5.43. The average Bonchev–Trinajstić information content (AvgIpc) is 3.30. The number of morpholine rings is 1. The minimum atomic E-state index is 0.200. The van der Waals surface area contributed by atoms with Crippen molar-refractivity contribution in [2.75, 3.05) is 33.4 Å². The van der Waals surface area contributed by atoms with Crippen LogP contribution in [-0.4, -0.2) is 44.4 Å². The van der Waals surface area contributed by atoms with Gasteiger partial charge in [-0.3, -0.25) is 4.90 Å². The Morgan fingerprint density at radius 2 is 2.05 bits per heavy atom.